The minimum absolute atomic E-state index is 0.148. The second-order valence-corrected chi connectivity index (χ2v) is 4.86. The molecule has 0 fully saturated rings. The van der Waals surface area contributed by atoms with Crippen LogP contribution >= 0.6 is 0 Å². The smallest absolute Gasteiger partial charge is 0.305 e. The molecule has 1 unspecified atom stereocenters. The van der Waals surface area contributed by atoms with Gasteiger partial charge in [-0.05, 0) is 17.9 Å². The van der Waals surface area contributed by atoms with Crippen LogP contribution in [0.1, 0.15) is 38.3 Å². The van der Waals surface area contributed by atoms with Crippen LogP contribution in [0.2, 0.25) is 0 Å². The standard InChI is InChI=1S/C15H21NO3/c1-12(2)10-19-15(18)9-8-14(16-11-17)13-6-4-3-5-7-13/h3-7,11-12,14H,8-10H2,1-2H3,(H,16,17). The number of benzene rings is 1. The second kappa shape index (κ2) is 8.29. The van der Waals surface area contributed by atoms with Crippen molar-refractivity contribution in [2.45, 2.75) is 32.7 Å². The molecule has 4 nitrogen and oxygen atoms in total. The van der Waals surface area contributed by atoms with E-state index >= 15 is 0 Å². The van der Waals surface area contributed by atoms with E-state index in [-0.39, 0.29) is 12.0 Å². The second-order valence-electron chi connectivity index (χ2n) is 4.86. The average Bonchev–Trinajstić information content (AvgIpc) is 2.42. The number of carbonyl (C=O) groups is 2. The van der Waals surface area contributed by atoms with Crippen LogP contribution in [0.3, 0.4) is 0 Å². The first-order valence-corrected chi connectivity index (χ1v) is 6.53. The van der Waals surface area contributed by atoms with Crippen LogP contribution in [0.25, 0.3) is 0 Å². The summed E-state index contributed by atoms with van der Waals surface area (Å²) in [7, 11) is 0. The van der Waals surface area contributed by atoms with Gasteiger partial charge in [0.05, 0.1) is 12.6 Å². The van der Waals surface area contributed by atoms with Gasteiger partial charge in [-0.1, -0.05) is 44.2 Å². The summed E-state index contributed by atoms with van der Waals surface area (Å²) >= 11 is 0. The molecule has 104 valence electrons. The van der Waals surface area contributed by atoms with Crippen molar-refractivity contribution < 1.29 is 14.3 Å². The molecule has 0 saturated heterocycles. The Morgan fingerprint density at radius 1 is 1.32 bits per heavy atom. The van der Waals surface area contributed by atoms with Gasteiger partial charge < -0.3 is 10.1 Å². The minimum atomic E-state index is -0.220. The first-order chi connectivity index (χ1) is 9.13. The van der Waals surface area contributed by atoms with Crippen LogP contribution in [-0.2, 0) is 14.3 Å². The van der Waals surface area contributed by atoms with Gasteiger partial charge in [0.2, 0.25) is 6.41 Å². The van der Waals surface area contributed by atoms with E-state index in [1.54, 1.807) is 0 Å². The first-order valence-electron chi connectivity index (χ1n) is 6.53. The van der Waals surface area contributed by atoms with Crippen LogP contribution in [0.15, 0.2) is 30.3 Å². The molecule has 4 heteroatoms. The SMILES string of the molecule is CC(C)COC(=O)CCC(NC=O)c1ccccc1. The number of carbonyl (C=O) groups excluding carboxylic acids is 2. The Balaban J connectivity index is 2.46. The van der Waals surface area contributed by atoms with Crippen LogP contribution in [0.5, 0.6) is 0 Å². The summed E-state index contributed by atoms with van der Waals surface area (Å²) in [5.41, 5.74) is 0.992. The van der Waals surface area contributed by atoms with E-state index in [1.807, 2.05) is 44.2 Å². The van der Waals surface area contributed by atoms with Gasteiger partial charge in [0.1, 0.15) is 0 Å². The van der Waals surface area contributed by atoms with E-state index in [1.165, 1.54) is 0 Å². The monoisotopic (exact) mass is 263 g/mol. The van der Waals surface area contributed by atoms with E-state index in [9.17, 15) is 9.59 Å². The fourth-order valence-electron chi connectivity index (χ4n) is 1.71. The summed E-state index contributed by atoms with van der Waals surface area (Å²) in [6.07, 6.45) is 1.50. The van der Waals surface area contributed by atoms with Gasteiger partial charge in [0, 0.05) is 6.42 Å². The quantitative estimate of drug-likeness (QED) is 0.579. The highest BCUT2D eigenvalue weighted by molar-refractivity contribution is 5.69. The zero-order valence-corrected chi connectivity index (χ0v) is 11.5. The highest BCUT2D eigenvalue weighted by atomic mass is 16.5. The Hall–Kier alpha value is -1.84. The number of hydrogen-bond acceptors (Lipinski definition) is 3. The van der Waals surface area contributed by atoms with E-state index < -0.39 is 0 Å². The molecule has 1 aromatic carbocycles. The largest absolute Gasteiger partial charge is 0.465 e. The maximum atomic E-state index is 11.5. The van der Waals surface area contributed by atoms with Gasteiger partial charge in [-0.2, -0.15) is 0 Å². The predicted molar refractivity (Wildman–Crippen MR) is 73.4 cm³/mol. The van der Waals surface area contributed by atoms with Gasteiger partial charge in [0.15, 0.2) is 0 Å². The Kier molecular flexibility index (Phi) is 6.64. The average molecular weight is 263 g/mol. The van der Waals surface area contributed by atoms with Crippen molar-refractivity contribution in [2.24, 2.45) is 5.92 Å². The predicted octanol–water partition coefficient (Wildman–Crippen LogP) is 2.45. The lowest BCUT2D eigenvalue weighted by Gasteiger charge is -2.16. The number of ether oxygens (including phenoxy) is 1. The molecule has 0 aliphatic heterocycles. The molecule has 1 aromatic rings. The Morgan fingerprint density at radius 3 is 2.58 bits per heavy atom. The van der Waals surface area contributed by atoms with Gasteiger partial charge in [-0.3, -0.25) is 9.59 Å². The summed E-state index contributed by atoms with van der Waals surface area (Å²) in [6.45, 7) is 4.43. The molecule has 1 amide bonds. The molecular weight excluding hydrogens is 242 g/mol. The molecule has 0 aliphatic rings. The Morgan fingerprint density at radius 2 is 2.00 bits per heavy atom. The van der Waals surface area contributed by atoms with Gasteiger partial charge >= 0.3 is 5.97 Å². The zero-order chi connectivity index (χ0) is 14.1. The van der Waals surface area contributed by atoms with Crippen molar-refractivity contribution in [3.05, 3.63) is 35.9 Å². The van der Waals surface area contributed by atoms with Crippen molar-refractivity contribution in [3.63, 3.8) is 0 Å². The third-order valence-electron chi connectivity index (χ3n) is 2.69. The fourth-order valence-corrected chi connectivity index (χ4v) is 1.71. The summed E-state index contributed by atoms with van der Waals surface area (Å²) in [4.78, 5) is 22.2. The molecule has 0 aliphatic carbocycles. The molecule has 19 heavy (non-hydrogen) atoms. The molecule has 0 heterocycles. The zero-order valence-electron chi connectivity index (χ0n) is 11.5. The van der Waals surface area contributed by atoms with Gasteiger partial charge in [-0.15, -0.1) is 0 Å². The van der Waals surface area contributed by atoms with Crippen molar-refractivity contribution in [1.29, 1.82) is 0 Å². The van der Waals surface area contributed by atoms with Crippen molar-refractivity contribution in [1.82, 2.24) is 5.32 Å². The third-order valence-corrected chi connectivity index (χ3v) is 2.69. The maximum absolute atomic E-state index is 11.5. The molecule has 0 saturated carbocycles. The Labute approximate surface area is 114 Å². The summed E-state index contributed by atoms with van der Waals surface area (Å²) in [5, 5.41) is 2.73. The molecular formula is C15H21NO3. The molecule has 1 N–H and O–H groups in total. The fraction of sp³-hybridized carbons (Fsp3) is 0.467. The number of rotatable bonds is 8. The molecule has 0 radical (unpaired) electrons. The normalized spacial score (nSPS) is 11.9. The van der Waals surface area contributed by atoms with E-state index in [2.05, 4.69) is 5.32 Å². The lowest BCUT2D eigenvalue weighted by Crippen LogP contribution is -2.21. The number of amides is 1. The number of esters is 1. The van der Waals surface area contributed by atoms with Crippen molar-refractivity contribution in [3.8, 4) is 0 Å². The van der Waals surface area contributed by atoms with Crippen molar-refractivity contribution >= 4 is 12.4 Å². The lowest BCUT2D eigenvalue weighted by molar-refractivity contribution is -0.145. The van der Waals surface area contributed by atoms with Crippen molar-refractivity contribution in [2.75, 3.05) is 6.61 Å². The Bertz CT molecular complexity index is 390. The maximum Gasteiger partial charge on any atom is 0.305 e. The topological polar surface area (TPSA) is 55.4 Å². The highest BCUT2D eigenvalue weighted by Gasteiger charge is 2.13. The highest BCUT2D eigenvalue weighted by Crippen LogP contribution is 2.18. The number of nitrogens with one attached hydrogen (secondary N) is 1. The van der Waals surface area contributed by atoms with E-state index in [0.717, 1.165) is 5.56 Å². The third kappa shape index (κ3) is 6.04. The minimum Gasteiger partial charge on any atom is -0.465 e. The lowest BCUT2D eigenvalue weighted by atomic mass is 10.0. The molecule has 1 rings (SSSR count). The molecule has 0 bridgehead atoms. The first kappa shape index (κ1) is 15.2. The van der Waals surface area contributed by atoms with Crippen LogP contribution in [-0.4, -0.2) is 19.0 Å². The van der Waals surface area contributed by atoms with E-state index in [4.69, 9.17) is 4.74 Å². The van der Waals surface area contributed by atoms with Gasteiger partial charge in [0.25, 0.3) is 0 Å². The molecule has 1 atom stereocenters. The van der Waals surface area contributed by atoms with Crippen LogP contribution in [0.4, 0.5) is 0 Å². The van der Waals surface area contributed by atoms with Gasteiger partial charge in [-0.25, -0.2) is 0 Å². The molecule has 0 spiro atoms. The summed E-state index contributed by atoms with van der Waals surface area (Å²) in [6, 6.07) is 9.45. The summed E-state index contributed by atoms with van der Waals surface area (Å²) < 4.78 is 5.11. The summed E-state index contributed by atoms with van der Waals surface area (Å²) in [5.74, 6) is 0.115. The van der Waals surface area contributed by atoms with E-state index in [0.29, 0.717) is 31.8 Å². The van der Waals surface area contributed by atoms with Crippen LogP contribution < -0.4 is 5.32 Å². The van der Waals surface area contributed by atoms with Crippen LogP contribution in [0, 0.1) is 5.92 Å². The number of hydrogen-bond donors (Lipinski definition) is 1. The molecule has 0 aromatic heterocycles.